The first-order valence-corrected chi connectivity index (χ1v) is 12.0. The molecule has 5 atom stereocenters. The zero-order valence-electron chi connectivity index (χ0n) is 18.6. The molecular formula is C24H31NO5S. The van der Waals surface area contributed by atoms with E-state index in [2.05, 4.69) is 26.1 Å². The number of carbonyl (C=O) groups excluding carboxylic acids is 2. The van der Waals surface area contributed by atoms with Crippen molar-refractivity contribution in [3.8, 4) is 0 Å². The summed E-state index contributed by atoms with van der Waals surface area (Å²) in [6.07, 6.45) is 7.24. The minimum Gasteiger partial charge on any atom is -0.481 e. The Morgan fingerprint density at radius 3 is 2.48 bits per heavy atom. The van der Waals surface area contributed by atoms with Crippen LogP contribution in [-0.4, -0.2) is 29.6 Å². The summed E-state index contributed by atoms with van der Waals surface area (Å²) in [7, 11) is 0. The standard InChI is InChI=1S/C24H31NO5S/c1-5-30-23(29)19-15-9-8-14(24(2,3)4)11-16(15)31-21(19)25-20(26)17-12-6-7-13(10-12)18(17)22(27)28/h6-7,12-14,17-18H,5,8-11H2,1-4H3,(H,25,26)(H,27,28)/t12-,13-,14+,17-,18-/m0/s1. The molecule has 0 saturated heterocycles. The Hall–Kier alpha value is -2.15. The number of allylic oxidation sites excluding steroid dienone is 2. The number of fused-ring (bicyclic) bond motifs is 3. The fourth-order valence-corrected chi connectivity index (χ4v) is 6.86. The lowest BCUT2D eigenvalue weighted by Crippen LogP contribution is -2.36. The van der Waals surface area contributed by atoms with Gasteiger partial charge in [-0.2, -0.15) is 0 Å². The van der Waals surface area contributed by atoms with Crippen LogP contribution in [0.15, 0.2) is 12.2 Å². The van der Waals surface area contributed by atoms with Crippen molar-refractivity contribution in [2.45, 2.75) is 53.4 Å². The number of hydrogen-bond acceptors (Lipinski definition) is 5. The number of esters is 1. The maximum absolute atomic E-state index is 13.2. The predicted octanol–water partition coefficient (Wildman–Crippen LogP) is 4.54. The van der Waals surface area contributed by atoms with Crippen LogP contribution < -0.4 is 5.32 Å². The van der Waals surface area contributed by atoms with Crippen LogP contribution in [-0.2, 0) is 27.2 Å². The van der Waals surface area contributed by atoms with Gasteiger partial charge in [-0.1, -0.05) is 32.9 Å². The number of carboxylic acids is 1. The lowest BCUT2D eigenvalue weighted by molar-refractivity contribution is -0.146. The minimum atomic E-state index is -0.930. The Morgan fingerprint density at radius 1 is 1.19 bits per heavy atom. The number of thiophene rings is 1. The van der Waals surface area contributed by atoms with Crippen molar-refractivity contribution in [3.05, 3.63) is 28.2 Å². The summed E-state index contributed by atoms with van der Waals surface area (Å²) < 4.78 is 5.31. The second-order valence-corrected chi connectivity index (χ2v) is 11.2. The number of amides is 1. The molecule has 31 heavy (non-hydrogen) atoms. The Kier molecular flexibility index (Phi) is 5.75. The number of ether oxygens (including phenoxy) is 1. The van der Waals surface area contributed by atoms with Gasteiger partial charge in [0.15, 0.2) is 0 Å². The van der Waals surface area contributed by atoms with Gasteiger partial charge in [0.25, 0.3) is 0 Å². The first kappa shape index (κ1) is 22.1. The first-order chi connectivity index (χ1) is 14.6. The maximum atomic E-state index is 13.2. The summed E-state index contributed by atoms with van der Waals surface area (Å²) in [5, 5.41) is 13.2. The molecule has 2 N–H and O–H groups in total. The van der Waals surface area contributed by atoms with Crippen molar-refractivity contribution in [1.29, 1.82) is 0 Å². The van der Waals surface area contributed by atoms with E-state index < -0.39 is 23.8 Å². The van der Waals surface area contributed by atoms with Gasteiger partial charge in [-0.15, -0.1) is 11.3 Å². The number of nitrogens with one attached hydrogen (secondary N) is 1. The van der Waals surface area contributed by atoms with Crippen LogP contribution in [0.5, 0.6) is 0 Å². The van der Waals surface area contributed by atoms with Crippen molar-refractivity contribution in [2.75, 3.05) is 11.9 Å². The van der Waals surface area contributed by atoms with E-state index in [1.807, 2.05) is 12.2 Å². The van der Waals surface area contributed by atoms with Crippen LogP contribution in [0.4, 0.5) is 5.00 Å². The molecular weight excluding hydrogens is 414 g/mol. The average molecular weight is 446 g/mol. The fraction of sp³-hybridized carbons (Fsp3) is 0.625. The Balaban J connectivity index is 1.64. The fourth-order valence-electron chi connectivity index (χ4n) is 5.54. The molecule has 1 heterocycles. The highest BCUT2D eigenvalue weighted by Gasteiger charge is 2.52. The number of carbonyl (C=O) groups is 3. The molecule has 7 heteroatoms. The van der Waals surface area contributed by atoms with E-state index in [-0.39, 0.29) is 29.8 Å². The van der Waals surface area contributed by atoms with Gasteiger partial charge in [0.1, 0.15) is 5.00 Å². The summed E-state index contributed by atoms with van der Waals surface area (Å²) in [6, 6.07) is 0. The SMILES string of the molecule is CCOC(=O)c1c(NC(=O)[C@@H]2[C@@H](C(=O)O)[C@H]3C=C[C@H]2C3)sc2c1CC[C@@H](C(C)(C)C)C2. The van der Waals surface area contributed by atoms with E-state index in [9.17, 15) is 19.5 Å². The van der Waals surface area contributed by atoms with E-state index in [0.29, 0.717) is 22.9 Å². The summed E-state index contributed by atoms with van der Waals surface area (Å²) in [5.74, 6) is -2.60. The van der Waals surface area contributed by atoms with Gasteiger partial charge >= 0.3 is 11.9 Å². The van der Waals surface area contributed by atoms with E-state index in [1.165, 1.54) is 11.3 Å². The molecule has 6 nitrogen and oxygen atoms in total. The normalized spacial score (nSPS) is 29.0. The summed E-state index contributed by atoms with van der Waals surface area (Å²) in [4.78, 5) is 39.0. The quantitative estimate of drug-likeness (QED) is 0.513. The van der Waals surface area contributed by atoms with Gasteiger partial charge in [0, 0.05) is 4.88 Å². The summed E-state index contributed by atoms with van der Waals surface area (Å²) >= 11 is 1.45. The number of hydrogen-bond donors (Lipinski definition) is 2. The molecule has 3 aliphatic carbocycles. The van der Waals surface area contributed by atoms with E-state index in [4.69, 9.17) is 4.74 Å². The largest absolute Gasteiger partial charge is 0.481 e. The highest BCUT2D eigenvalue weighted by atomic mass is 32.1. The number of rotatable bonds is 5. The van der Waals surface area contributed by atoms with Crippen LogP contribution in [0.25, 0.3) is 0 Å². The molecule has 1 aromatic heterocycles. The van der Waals surface area contributed by atoms with Crippen LogP contribution in [0.3, 0.4) is 0 Å². The molecule has 0 spiro atoms. The molecule has 0 aromatic carbocycles. The molecule has 0 radical (unpaired) electrons. The minimum absolute atomic E-state index is 0.0583. The van der Waals surface area contributed by atoms with Crippen LogP contribution in [0.1, 0.15) is 61.3 Å². The van der Waals surface area contributed by atoms with E-state index in [1.54, 1.807) is 6.92 Å². The van der Waals surface area contributed by atoms with Gasteiger partial charge in [0.05, 0.1) is 24.0 Å². The zero-order chi connectivity index (χ0) is 22.5. The third-order valence-corrected chi connectivity index (χ3v) is 8.42. The Morgan fingerprint density at radius 2 is 1.87 bits per heavy atom. The van der Waals surface area contributed by atoms with Crippen LogP contribution in [0, 0.1) is 35.0 Å². The van der Waals surface area contributed by atoms with Crippen molar-refractivity contribution in [1.82, 2.24) is 0 Å². The Bertz CT molecular complexity index is 941. The summed E-state index contributed by atoms with van der Waals surface area (Å²) in [5.41, 5.74) is 1.62. The molecule has 4 rings (SSSR count). The molecule has 1 aromatic rings. The zero-order valence-corrected chi connectivity index (χ0v) is 19.4. The average Bonchev–Trinajstić information content (AvgIpc) is 3.38. The van der Waals surface area contributed by atoms with Crippen molar-refractivity contribution < 1.29 is 24.2 Å². The van der Waals surface area contributed by atoms with E-state index in [0.717, 1.165) is 29.7 Å². The second kappa shape index (κ2) is 8.08. The lowest BCUT2D eigenvalue weighted by Gasteiger charge is -2.33. The number of anilines is 1. The van der Waals surface area contributed by atoms with Crippen molar-refractivity contribution in [3.63, 3.8) is 0 Å². The Labute approximate surface area is 187 Å². The monoisotopic (exact) mass is 445 g/mol. The van der Waals surface area contributed by atoms with Crippen LogP contribution in [0.2, 0.25) is 0 Å². The molecule has 0 unspecified atom stereocenters. The van der Waals surface area contributed by atoms with Gasteiger partial charge < -0.3 is 15.2 Å². The number of carboxylic acid groups (broad SMARTS) is 1. The molecule has 1 fully saturated rings. The molecule has 0 aliphatic heterocycles. The van der Waals surface area contributed by atoms with Crippen LogP contribution >= 0.6 is 11.3 Å². The van der Waals surface area contributed by atoms with E-state index >= 15 is 0 Å². The maximum Gasteiger partial charge on any atom is 0.341 e. The second-order valence-electron chi connectivity index (χ2n) is 10.1. The number of aliphatic carboxylic acids is 1. The van der Waals surface area contributed by atoms with Crippen molar-refractivity contribution >= 4 is 34.2 Å². The topological polar surface area (TPSA) is 92.7 Å². The third-order valence-electron chi connectivity index (χ3n) is 7.25. The molecule has 2 bridgehead atoms. The summed E-state index contributed by atoms with van der Waals surface area (Å²) in [6.45, 7) is 8.74. The third kappa shape index (κ3) is 3.93. The first-order valence-electron chi connectivity index (χ1n) is 11.2. The van der Waals surface area contributed by atoms with Gasteiger partial charge in [-0.05, 0) is 61.3 Å². The van der Waals surface area contributed by atoms with Crippen molar-refractivity contribution in [2.24, 2.45) is 35.0 Å². The molecule has 3 aliphatic rings. The molecule has 168 valence electrons. The smallest absolute Gasteiger partial charge is 0.341 e. The molecule has 1 saturated carbocycles. The molecule has 1 amide bonds. The highest BCUT2D eigenvalue weighted by Crippen LogP contribution is 2.49. The van der Waals surface area contributed by atoms with Gasteiger partial charge in [0.2, 0.25) is 5.91 Å². The highest BCUT2D eigenvalue weighted by molar-refractivity contribution is 7.17. The predicted molar refractivity (Wildman–Crippen MR) is 119 cm³/mol. The van der Waals surface area contributed by atoms with Gasteiger partial charge in [-0.3, -0.25) is 9.59 Å². The lowest BCUT2D eigenvalue weighted by atomic mass is 9.72. The van der Waals surface area contributed by atoms with Gasteiger partial charge in [-0.25, -0.2) is 4.79 Å².